The molecule has 1 saturated heterocycles. The molecule has 1 fully saturated rings. The monoisotopic (exact) mass is 234 g/mol. The van der Waals surface area contributed by atoms with Crippen molar-refractivity contribution >= 4 is 0 Å². The van der Waals surface area contributed by atoms with E-state index in [0.717, 1.165) is 12.3 Å². The molecule has 2 rings (SSSR count). The van der Waals surface area contributed by atoms with Gasteiger partial charge in [-0.2, -0.15) is 0 Å². The van der Waals surface area contributed by atoms with Crippen LogP contribution in [0, 0.1) is 0 Å². The summed E-state index contributed by atoms with van der Waals surface area (Å²) < 4.78 is 5.15. The Hall–Kier alpha value is -1.06. The number of hydrogen-bond acceptors (Lipinski definition) is 3. The molecular formula is C14H22N2O. The maximum atomic E-state index is 6.25. The van der Waals surface area contributed by atoms with E-state index in [1.54, 1.807) is 7.11 Å². The summed E-state index contributed by atoms with van der Waals surface area (Å²) in [5.74, 6) is 0.885. The van der Waals surface area contributed by atoms with Crippen LogP contribution in [0.4, 0.5) is 0 Å². The molecule has 2 N–H and O–H groups in total. The molecule has 94 valence electrons. The molecule has 1 aliphatic rings. The standard InChI is InChI=1S/C14H22N2O/c1-11-4-3-9-16(11)10-14(15)12-5-7-13(17-2)8-6-12/h5-8,11,14H,3-4,9-10,15H2,1-2H3/t11?,14-/m1/s1. The highest BCUT2D eigenvalue weighted by molar-refractivity contribution is 5.29. The van der Waals surface area contributed by atoms with Gasteiger partial charge in [-0.15, -0.1) is 0 Å². The maximum Gasteiger partial charge on any atom is 0.118 e. The second kappa shape index (κ2) is 5.52. The van der Waals surface area contributed by atoms with Gasteiger partial charge in [0.15, 0.2) is 0 Å². The van der Waals surface area contributed by atoms with Gasteiger partial charge in [0.2, 0.25) is 0 Å². The Kier molecular flexibility index (Phi) is 4.02. The summed E-state index contributed by atoms with van der Waals surface area (Å²) in [4.78, 5) is 2.48. The van der Waals surface area contributed by atoms with Crippen molar-refractivity contribution in [3.8, 4) is 5.75 Å². The number of benzene rings is 1. The van der Waals surface area contributed by atoms with Crippen LogP contribution >= 0.6 is 0 Å². The molecule has 2 atom stereocenters. The zero-order chi connectivity index (χ0) is 12.3. The maximum absolute atomic E-state index is 6.25. The number of rotatable bonds is 4. The lowest BCUT2D eigenvalue weighted by molar-refractivity contribution is 0.252. The molecule has 3 nitrogen and oxygen atoms in total. The van der Waals surface area contributed by atoms with Crippen molar-refractivity contribution < 1.29 is 4.74 Å². The van der Waals surface area contributed by atoms with Crippen LogP contribution in [0.5, 0.6) is 5.75 Å². The summed E-state index contributed by atoms with van der Waals surface area (Å²) in [6.07, 6.45) is 2.60. The van der Waals surface area contributed by atoms with Gasteiger partial charge in [0.05, 0.1) is 7.11 Å². The predicted octanol–water partition coefficient (Wildman–Crippen LogP) is 2.18. The minimum Gasteiger partial charge on any atom is -0.497 e. The normalized spacial score (nSPS) is 22.6. The molecule has 1 aromatic rings. The summed E-state index contributed by atoms with van der Waals surface area (Å²) >= 11 is 0. The third-order valence-electron chi connectivity index (χ3n) is 3.67. The van der Waals surface area contributed by atoms with Crippen molar-refractivity contribution in [3.63, 3.8) is 0 Å². The van der Waals surface area contributed by atoms with E-state index in [-0.39, 0.29) is 6.04 Å². The summed E-state index contributed by atoms with van der Waals surface area (Å²) in [5, 5.41) is 0. The summed E-state index contributed by atoms with van der Waals surface area (Å²) in [6, 6.07) is 8.85. The van der Waals surface area contributed by atoms with Crippen LogP contribution in [0.2, 0.25) is 0 Å². The quantitative estimate of drug-likeness (QED) is 0.868. The van der Waals surface area contributed by atoms with E-state index < -0.39 is 0 Å². The minimum absolute atomic E-state index is 0.0986. The highest BCUT2D eigenvalue weighted by atomic mass is 16.5. The Morgan fingerprint density at radius 1 is 1.41 bits per heavy atom. The van der Waals surface area contributed by atoms with Crippen LogP contribution in [-0.2, 0) is 0 Å². The molecule has 0 radical (unpaired) electrons. The highest BCUT2D eigenvalue weighted by Crippen LogP contribution is 2.21. The smallest absolute Gasteiger partial charge is 0.118 e. The Morgan fingerprint density at radius 3 is 2.65 bits per heavy atom. The molecule has 0 bridgehead atoms. The van der Waals surface area contributed by atoms with Crippen LogP contribution < -0.4 is 10.5 Å². The lowest BCUT2D eigenvalue weighted by atomic mass is 10.1. The fraction of sp³-hybridized carbons (Fsp3) is 0.571. The lowest BCUT2D eigenvalue weighted by Gasteiger charge is -2.25. The third-order valence-corrected chi connectivity index (χ3v) is 3.67. The van der Waals surface area contributed by atoms with Gasteiger partial charge in [-0.1, -0.05) is 12.1 Å². The Morgan fingerprint density at radius 2 is 2.12 bits per heavy atom. The molecule has 1 aromatic carbocycles. The van der Waals surface area contributed by atoms with Gasteiger partial charge in [0, 0.05) is 18.6 Å². The van der Waals surface area contributed by atoms with Crippen molar-refractivity contribution in [2.75, 3.05) is 20.2 Å². The first-order valence-corrected chi connectivity index (χ1v) is 6.34. The van der Waals surface area contributed by atoms with Crippen LogP contribution in [0.1, 0.15) is 31.4 Å². The van der Waals surface area contributed by atoms with Crippen molar-refractivity contribution in [2.24, 2.45) is 5.73 Å². The first-order valence-electron chi connectivity index (χ1n) is 6.34. The highest BCUT2D eigenvalue weighted by Gasteiger charge is 2.22. The SMILES string of the molecule is COc1ccc([C@H](N)CN2CCCC2C)cc1. The van der Waals surface area contributed by atoms with Gasteiger partial charge < -0.3 is 10.5 Å². The van der Waals surface area contributed by atoms with E-state index >= 15 is 0 Å². The Balaban J connectivity index is 1.96. The van der Waals surface area contributed by atoms with Crippen molar-refractivity contribution in [1.82, 2.24) is 4.90 Å². The molecule has 1 heterocycles. The van der Waals surface area contributed by atoms with E-state index in [9.17, 15) is 0 Å². The second-order valence-electron chi connectivity index (χ2n) is 4.87. The molecule has 3 heteroatoms. The van der Waals surface area contributed by atoms with Gasteiger partial charge in [-0.25, -0.2) is 0 Å². The number of likely N-dealkylation sites (tertiary alicyclic amines) is 1. The number of nitrogens with zero attached hydrogens (tertiary/aromatic N) is 1. The van der Waals surface area contributed by atoms with Crippen molar-refractivity contribution in [3.05, 3.63) is 29.8 Å². The fourth-order valence-corrected chi connectivity index (χ4v) is 2.47. The average molecular weight is 234 g/mol. The van der Waals surface area contributed by atoms with Gasteiger partial charge in [-0.05, 0) is 44.0 Å². The first kappa shape index (κ1) is 12.4. The molecular weight excluding hydrogens is 212 g/mol. The summed E-state index contributed by atoms with van der Waals surface area (Å²) in [6.45, 7) is 4.42. The third kappa shape index (κ3) is 2.99. The van der Waals surface area contributed by atoms with Gasteiger partial charge in [0.25, 0.3) is 0 Å². The molecule has 0 aromatic heterocycles. The molecule has 0 saturated carbocycles. The summed E-state index contributed by atoms with van der Waals surface area (Å²) in [7, 11) is 1.68. The van der Waals surface area contributed by atoms with E-state index in [4.69, 9.17) is 10.5 Å². The molecule has 0 amide bonds. The van der Waals surface area contributed by atoms with E-state index in [2.05, 4.69) is 24.0 Å². The van der Waals surface area contributed by atoms with Crippen molar-refractivity contribution in [1.29, 1.82) is 0 Å². The fourth-order valence-electron chi connectivity index (χ4n) is 2.47. The van der Waals surface area contributed by atoms with E-state index in [0.29, 0.717) is 6.04 Å². The van der Waals surface area contributed by atoms with Gasteiger partial charge in [0.1, 0.15) is 5.75 Å². The summed E-state index contributed by atoms with van der Waals surface area (Å²) in [5.41, 5.74) is 7.43. The first-order chi connectivity index (χ1) is 8.20. The zero-order valence-corrected chi connectivity index (χ0v) is 10.7. The van der Waals surface area contributed by atoms with Crippen molar-refractivity contribution in [2.45, 2.75) is 31.8 Å². The number of hydrogen-bond donors (Lipinski definition) is 1. The average Bonchev–Trinajstić information content (AvgIpc) is 2.75. The van der Waals surface area contributed by atoms with Gasteiger partial charge >= 0.3 is 0 Å². The Bertz CT molecular complexity index is 350. The molecule has 1 unspecified atom stereocenters. The number of ether oxygens (including phenoxy) is 1. The van der Waals surface area contributed by atoms with E-state index in [1.807, 2.05) is 12.1 Å². The van der Waals surface area contributed by atoms with Crippen LogP contribution in [0.3, 0.4) is 0 Å². The van der Waals surface area contributed by atoms with Crippen LogP contribution in [0.15, 0.2) is 24.3 Å². The Labute approximate surface area is 104 Å². The number of methoxy groups -OCH3 is 1. The molecule has 1 aliphatic heterocycles. The topological polar surface area (TPSA) is 38.5 Å². The molecule has 0 spiro atoms. The largest absolute Gasteiger partial charge is 0.497 e. The molecule has 0 aliphatic carbocycles. The number of nitrogens with two attached hydrogens (primary N) is 1. The lowest BCUT2D eigenvalue weighted by Crippen LogP contribution is -2.34. The van der Waals surface area contributed by atoms with Crippen LogP contribution in [0.25, 0.3) is 0 Å². The van der Waals surface area contributed by atoms with Crippen LogP contribution in [-0.4, -0.2) is 31.1 Å². The van der Waals surface area contributed by atoms with Gasteiger partial charge in [-0.3, -0.25) is 4.90 Å². The predicted molar refractivity (Wildman–Crippen MR) is 70.2 cm³/mol. The van der Waals surface area contributed by atoms with E-state index in [1.165, 1.54) is 24.9 Å². The minimum atomic E-state index is 0.0986. The second-order valence-corrected chi connectivity index (χ2v) is 4.87. The zero-order valence-electron chi connectivity index (χ0n) is 10.7. The molecule has 17 heavy (non-hydrogen) atoms.